The van der Waals surface area contributed by atoms with E-state index < -0.39 is 0 Å². The molecule has 196 valence electrons. The molecule has 2 fully saturated rings. The number of aryl methyl sites for hydroxylation is 3. The van der Waals surface area contributed by atoms with Gasteiger partial charge in [0.25, 0.3) is 11.8 Å². The molecule has 2 aliphatic rings. The Morgan fingerprint density at radius 2 is 1.97 bits per heavy atom. The Morgan fingerprint density at radius 1 is 1.14 bits per heavy atom. The minimum absolute atomic E-state index is 0. The highest BCUT2D eigenvalue weighted by atomic mass is 32.1. The molecule has 1 saturated heterocycles. The van der Waals surface area contributed by atoms with E-state index >= 15 is 0 Å². The number of amides is 2. The third-order valence-electron chi connectivity index (χ3n) is 7.50. The monoisotopic (exact) mass is 522 g/mol. The summed E-state index contributed by atoms with van der Waals surface area (Å²) in [6.45, 7) is 7.49. The van der Waals surface area contributed by atoms with Gasteiger partial charge in [-0.25, -0.2) is 4.52 Å². The van der Waals surface area contributed by atoms with Crippen LogP contribution in [0.2, 0.25) is 0 Å². The van der Waals surface area contributed by atoms with E-state index in [1.54, 1.807) is 34.6 Å². The Morgan fingerprint density at radius 3 is 2.70 bits per heavy atom. The number of nitrogens with zero attached hydrogens (tertiary/aromatic N) is 6. The third-order valence-corrected chi connectivity index (χ3v) is 8.65. The van der Waals surface area contributed by atoms with Gasteiger partial charge in [0.2, 0.25) is 0 Å². The summed E-state index contributed by atoms with van der Waals surface area (Å²) in [4.78, 5) is 34.5. The van der Waals surface area contributed by atoms with E-state index in [0.717, 1.165) is 40.6 Å². The molecule has 1 aliphatic heterocycles. The topological polar surface area (TPSA) is 109 Å². The number of aromatic nitrogens is 5. The van der Waals surface area contributed by atoms with Crippen LogP contribution in [0.4, 0.5) is 5.69 Å². The van der Waals surface area contributed by atoms with Crippen LogP contribution in [0.15, 0.2) is 30.9 Å². The molecule has 0 bridgehead atoms. The average molecular weight is 523 g/mol. The fraction of sp³-hybridized carbons (Fsp3) is 0.423. The summed E-state index contributed by atoms with van der Waals surface area (Å²) < 4.78 is 3.48. The maximum Gasteiger partial charge on any atom is 0.260 e. The molecule has 6 rings (SSSR count). The van der Waals surface area contributed by atoms with Gasteiger partial charge in [0.05, 0.1) is 39.3 Å². The summed E-state index contributed by atoms with van der Waals surface area (Å²) in [6, 6.07) is 1.68. The zero-order valence-electron chi connectivity index (χ0n) is 21.2. The number of thiazole rings is 1. The molecule has 0 unspecified atom stereocenters. The van der Waals surface area contributed by atoms with Crippen LogP contribution in [0.1, 0.15) is 54.2 Å². The predicted octanol–water partition coefficient (Wildman–Crippen LogP) is 3.77. The molecule has 1 aliphatic carbocycles. The average Bonchev–Trinajstić information content (AvgIpc) is 3.18. The summed E-state index contributed by atoms with van der Waals surface area (Å²) >= 11 is 1.49. The lowest BCUT2D eigenvalue weighted by Gasteiger charge is -2.16. The lowest BCUT2D eigenvalue weighted by molar-refractivity contribution is 0.0947. The van der Waals surface area contributed by atoms with Gasteiger partial charge in [-0.2, -0.15) is 10.2 Å². The van der Waals surface area contributed by atoms with Crippen LogP contribution in [0.3, 0.4) is 0 Å². The van der Waals surface area contributed by atoms with Gasteiger partial charge in [0.1, 0.15) is 4.83 Å². The first kappa shape index (κ1) is 23.8. The number of hydrogen-bond acceptors (Lipinski definition) is 7. The quantitative estimate of drug-likeness (QED) is 0.382. The van der Waals surface area contributed by atoms with Crippen molar-refractivity contribution in [1.82, 2.24) is 34.6 Å². The molecule has 2 N–H and O–H groups in total. The van der Waals surface area contributed by atoms with Crippen LogP contribution < -0.4 is 10.6 Å². The molecule has 1 saturated carbocycles. The van der Waals surface area contributed by atoms with Crippen LogP contribution >= 0.6 is 11.3 Å². The Balaban J connectivity index is 0.00000176. The van der Waals surface area contributed by atoms with Crippen LogP contribution in [0, 0.1) is 19.3 Å². The van der Waals surface area contributed by atoms with Crippen LogP contribution in [0.5, 0.6) is 0 Å². The minimum Gasteiger partial charge on any atom is -0.351 e. The predicted molar refractivity (Wildman–Crippen MR) is 146 cm³/mol. The number of rotatable bonds is 7. The van der Waals surface area contributed by atoms with Gasteiger partial charge < -0.3 is 15.5 Å². The van der Waals surface area contributed by atoms with Crippen molar-refractivity contribution in [3.05, 3.63) is 53.4 Å². The first-order valence-electron chi connectivity index (χ1n) is 12.6. The van der Waals surface area contributed by atoms with Crippen molar-refractivity contribution in [2.45, 2.75) is 33.1 Å². The molecule has 1 spiro atoms. The third kappa shape index (κ3) is 4.64. The van der Waals surface area contributed by atoms with E-state index in [9.17, 15) is 9.59 Å². The summed E-state index contributed by atoms with van der Waals surface area (Å²) in [7, 11) is 1.88. The Hall–Kier alpha value is -3.57. The summed E-state index contributed by atoms with van der Waals surface area (Å²) in [6.07, 6.45) is 11.0. The summed E-state index contributed by atoms with van der Waals surface area (Å²) in [5, 5.41) is 14.7. The zero-order chi connectivity index (χ0) is 25.7. The molecular formula is C26H34N8O2S. The number of pyridine rings is 1. The van der Waals surface area contributed by atoms with E-state index in [0.29, 0.717) is 34.5 Å². The Kier molecular flexibility index (Phi) is 5.84. The first-order valence-corrected chi connectivity index (χ1v) is 13.4. The van der Waals surface area contributed by atoms with Gasteiger partial charge in [-0.15, -0.1) is 11.3 Å². The van der Waals surface area contributed by atoms with Gasteiger partial charge in [0.15, 0.2) is 0 Å². The molecular weight excluding hydrogens is 488 g/mol. The second-order valence-electron chi connectivity index (χ2n) is 10.3. The maximum absolute atomic E-state index is 13.2. The van der Waals surface area contributed by atoms with Gasteiger partial charge in [0, 0.05) is 53.7 Å². The Labute approximate surface area is 221 Å². The van der Waals surface area contributed by atoms with E-state index in [1.807, 2.05) is 26.4 Å². The number of hydrogen-bond donors (Lipinski definition) is 2. The van der Waals surface area contributed by atoms with Gasteiger partial charge >= 0.3 is 0 Å². The second kappa shape index (κ2) is 9.07. The molecule has 0 aromatic carbocycles. The van der Waals surface area contributed by atoms with Crippen LogP contribution in [0.25, 0.3) is 15.3 Å². The van der Waals surface area contributed by atoms with Crippen molar-refractivity contribution in [2.24, 2.45) is 12.5 Å². The SMILES string of the molecule is Cc1ncc(C(=O)NCCN2CCC3(CC3)C2)cc1NC(=O)c1cnn2cc(-c3cn(C)nc3C)sc12.[HH].[HH]. The maximum atomic E-state index is 13.2. The molecule has 37 heavy (non-hydrogen) atoms. The molecule has 4 aromatic rings. The number of nitrogens with one attached hydrogen (secondary N) is 2. The van der Waals surface area contributed by atoms with Crippen molar-refractivity contribution in [2.75, 3.05) is 31.5 Å². The largest absolute Gasteiger partial charge is 0.351 e. The molecule has 5 heterocycles. The fourth-order valence-electron chi connectivity index (χ4n) is 5.11. The number of likely N-dealkylation sites (tertiary alicyclic amines) is 1. The normalized spacial score (nSPS) is 16.5. The lowest BCUT2D eigenvalue weighted by atomic mass is 10.1. The molecule has 11 heteroatoms. The highest BCUT2D eigenvalue weighted by Crippen LogP contribution is 2.52. The van der Waals surface area contributed by atoms with Crippen molar-refractivity contribution in [3.63, 3.8) is 0 Å². The first-order chi connectivity index (χ1) is 17.8. The van der Waals surface area contributed by atoms with Gasteiger partial charge in [-0.05, 0) is 51.1 Å². The van der Waals surface area contributed by atoms with Crippen molar-refractivity contribution in [3.8, 4) is 10.4 Å². The molecule has 0 atom stereocenters. The summed E-state index contributed by atoms with van der Waals surface area (Å²) in [5.41, 5.74) is 4.55. The van der Waals surface area contributed by atoms with E-state index in [1.165, 1.54) is 30.6 Å². The van der Waals surface area contributed by atoms with Crippen molar-refractivity contribution in [1.29, 1.82) is 0 Å². The van der Waals surface area contributed by atoms with Crippen LogP contribution in [-0.2, 0) is 7.05 Å². The second-order valence-corrected chi connectivity index (χ2v) is 11.3. The zero-order valence-corrected chi connectivity index (χ0v) is 22.1. The fourth-order valence-corrected chi connectivity index (χ4v) is 6.23. The van der Waals surface area contributed by atoms with E-state index in [-0.39, 0.29) is 14.7 Å². The molecule has 10 nitrogen and oxygen atoms in total. The minimum atomic E-state index is -0.295. The van der Waals surface area contributed by atoms with E-state index in [4.69, 9.17) is 0 Å². The standard InChI is InChI=1S/C26H30N8O2S.2H2/c1-16-20(13-32(3)31-16)22-14-34-25(37-22)19(12-29-34)24(36)30-21-10-18(11-28-17(21)2)23(35)27-7-9-33-8-6-26(15-33)4-5-26;;/h10-14H,4-9,15H2,1-3H3,(H,27,35)(H,30,36);2*1H. The molecule has 0 radical (unpaired) electrons. The summed E-state index contributed by atoms with van der Waals surface area (Å²) in [5.74, 6) is -0.484. The molecule has 2 amide bonds. The molecule has 4 aromatic heterocycles. The number of carbonyl (C=O) groups is 2. The van der Waals surface area contributed by atoms with E-state index in [2.05, 4.69) is 30.7 Å². The highest BCUT2D eigenvalue weighted by Gasteiger charge is 2.47. The van der Waals surface area contributed by atoms with Crippen molar-refractivity contribution < 1.29 is 12.4 Å². The lowest BCUT2D eigenvalue weighted by Crippen LogP contribution is -2.34. The van der Waals surface area contributed by atoms with Gasteiger partial charge in [-0.1, -0.05) is 0 Å². The van der Waals surface area contributed by atoms with Gasteiger partial charge in [-0.3, -0.25) is 19.3 Å². The van der Waals surface area contributed by atoms with Crippen molar-refractivity contribution >= 4 is 33.7 Å². The smallest absolute Gasteiger partial charge is 0.260 e. The van der Waals surface area contributed by atoms with Crippen LogP contribution in [-0.4, -0.2) is 67.3 Å². The highest BCUT2D eigenvalue weighted by molar-refractivity contribution is 7.21. The number of anilines is 1. The Bertz CT molecular complexity index is 1520. The number of carbonyl (C=O) groups excluding carboxylic acids is 2. The number of fused-ring (bicyclic) bond motifs is 1.